The quantitative estimate of drug-likeness (QED) is 0.445. The maximum Gasteiger partial charge on any atom is 0.417 e. The first-order chi connectivity index (χ1) is 15.8. The Morgan fingerprint density at radius 2 is 1.27 bits per heavy atom. The van der Waals surface area contributed by atoms with Crippen LogP contribution in [-0.2, 0) is 6.18 Å². The summed E-state index contributed by atoms with van der Waals surface area (Å²) in [4.78, 5) is 25.3. The van der Waals surface area contributed by atoms with Crippen molar-refractivity contribution in [3.63, 3.8) is 0 Å². The van der Waals surface area contributed by atoms with Gasteiger partial charge >= 0.3 is 6.18 Å². The van der Waals surface area contributed by atoms with Crippen molar-refractivity contribution in [1.82, 2.24) is 20.6 Å². The van der Waals surface area contributed by atoms with E-state index in [1.807, 2.05) is 24.3 Å². The number of para-hydroxylation sites is 1. The van der Waals surface area contributed by atoms with Crippen LogP contribution >= 0.6 is 0 Å². The van der Waals surface area contributed by atoms with Crippen LogP contribution in [0.3, 0.4) is 0 Å². The highest BCUT2D eigenvalue weighted by Crippen LogP contribution is 2.31. The first kappa shape index (κ1) is 21.8. The molecule has 166 valence electrons. The number of alkyl halides is 3. The average molecular weight is 450 g/mol. The smallest absolute Gasteiger partial charge is 0.267 e. The molecule has 6 nitrogen and oxygen atoms in total. The molecule has 0 unspecified atom stereocenters. The number of aromatic nitrogens is 2. The van der Waals surface area contributed by atoms with E-state index in [-0.39, 0.29) is 5.56 Å². The molecule has 4 rings (SSSR count). The Balaban J connectivity index is 1.61. The topological polar surface area (TPSA) is 76.0 Å². The lowest BCUT2D eigenvalue weighted by atomic mass is 10.1. The zero-order chi connectivity index (χ0) is 23.4. The van der Waals surface area contributed by atoms with Crippen LogP contribution in [0.2, 0.25) is 0 Å². The number of hydrogen-bond donors (Lipinski definition) is 2. The van der Waals surface area contributed by atoms with Crippen LogP contribution in [0, 0.1) is 0 Å². The number of rotatable bonds is 4. The lowest BCUT2D eigenvalue weighted by molar-refractivity contribution is -0.137. The molecule has 0 bridgehead atoms. The zero-order valence-electron chi connectivity index (χ0n) is 17.0. The van der Waals surface area contributed by atoms with Gasteiger partial charge in [0.15, 0.2) is 0 Å². The number of halogens is 3. The summed E-state index contributed by atoms with van der Waals surface area (Å²) in [6.07, 6.45) is -3.22. The van der Waals surface area contributed by atoms with E-state index in [0.29, 0.717) is 16.9 Å². The molecule has 1 aromatic heterocycles. The molecule has 9 heteroatoms. The molecule has 0 radical (unpaired) electrons. The predicted molar refractivity (Wildman–Crippen MR) is 115 cm³/mol. The Morgan fingerprint density at radius 1 is 0.727 bits per heavy atom. The van der Waals surface area contributed by atoms with Crippen molar-refractivity contribution < 1.29 is 22.8 Å². The summed E-state index contributed by atoms with van der Waals surface area (Å²) in [6.45, 7) is 0. The summed E-state index contributed by atoms with van der Waals surface area (Å²) in [5, 5.41) is 4.50. The SMILES string of the molecule is O=C(NNC(=O)c1cn(-c2ccccc2)nc1-c1ccccc1)c1ccccc1C(F)(F)F. The van der Waals surface area contributed by atoms with Crippen LogP contribution in [0.4, 0.5) is 13.2 Å². The fraction of sp³-hybridized carbons (Fsp3) is 0.0417. The van der Waals surface area contributed by atoms with E-state index in [1.165, 1.54) is 23.0 Å². The van der Waals surface area contributed by atoms with Crippen molar-refractivity contribution in [3.8, 4) is 16.9 Å². The third-order valence-corrected chi connectivity index (χ3v) is 4.79. The van der Waals surface area contributed by atoms with Crippen molar-refractivity contribution in [1.29, 1.82) is 0 Å². The fourth-order valence-electron chi connectivity index (χ4n) is 3.24. The molecule has 33 heavy (non-hydrogen) atoms. The summed E-state index contributed by atoms with van der Waals surface area (Å²) >= 11 is 0. The lowest BCUT2D eigenvalue weighted by Crippen LogP contribution is -2.42. The van der Waals surface area contributed by atoms with E-state index < -0.39 is 29.1 Å². The molecule has 0 aliphatic carbocycles. The molecule has 0 saturated heterocycles. The van der Waals surface area contributed by atoms with Crippen LogP contribution < -0.4 is 10.9 Å². The summed E-state index contributed by atoms with van der Waals surface area (Å²) in [5.74, 6) is -1.82. The Morgan fingerprint density at radius 3 is 1.91 bits per heavy atom. The van der Waals surface area contributed by atoms with Crippen molar-refractivity contribution >= 4 is 11.8 Å². The first-order valence-electron chi connectivity index (χ1n) is 9.82. The summed E-state index contributed by atoms with van der Waals surface area (Å²) in [7, 11) is 0. The normalized spacial score (nSPS) is 11.1. The second-order valence-electron chi connectivity index (χ2n) is 6.99. The first-order valence-corrected chi connectivity index (χ1v) is 9.82. The standard InChI is InChI=1S/C24H17F3N4O2/c25-24(26,27)20-14-8-7-13-18(20)22(32)28-29-23(33)19-15-31(17-11-5-2-6-12-17)30-21(19)16-9-3-1-4-10-16/h1-15H,(H,28,32)(H,29,33). The van der Waals surface area contributed by atoms with Gasteiger partial charge in [-0.25, -0.2) is 4.68 Å². The second kappa shape index (κ2) is 8.99. The Kier molecular flexibility index (Phi) is 5.95. The number of carbonyl (C=O) groups excluding carboxylic acids is 2. The van der Waals surface area contributed by atoms with Gasteiger partial charge in [0.25, 0.3) is 11.8 Å². The van der Waals surface area contributed by atoms with E-state index in [2.05, 4.69) is 16.0 Å². The van der Waals surface area contributed by atoms with Gasteiger partial charge in [-0.1, -0.05) is 60.7 Å². The highest BCUT2D eigenvalue weighted by Gasteiger charge is 2.35. The van der Waals surface area contributed by atoms with E-state index in [1.54, 1.807) is 36.4 Å². The number of amides is 2. The van der Waals surface area contributed by atoms with Crippen LogP contribution in [0.15, 0.2) is 91.1 Å². The minimum Gasteiger partial charge on any atom is -0.267 e. The number of hydrazine groups is 1. The predicted octanol–water partition coefficient (Wildman–Crippen LogP) is 4.63. The summed E-state index contributed by atoms with van der Waals surface area (Å²) in [6, 6.07) is 22.3. The van der Waals surface area contributed by atoms with Gasteiger partial charge in [0.2, 0.25) is 0 Å². The van der Waals surface area contributed by atoms with Gasteiger partial charge in [-0.2, -0.15) is 18.3 Å². The minimum absolute atomic E-state index is 0.134. The van der Waals surface area contributed by atoms with Crippen molar-refractivity contribution in [3.05, 3.63) is 108 Å². The molecule has 0 spiro atoms. The molecule has 3 aromatic carbocycles. The molecule has 0 fully saturated rings. The Bertz CT molecular complexity index is 1290. The molecule has 0 atom stereocenters. The molecule has 4 aromatic rings. The third kappa shape index (κ3) is 4.77. The van der Waals surface area contributed by atoms with Gasteiger partial charge in [0.05, 0.1) is 22.4 Å². The van der Waals surface area contributed by atoms with Crippen LogP contribution in [0.1, 0.15) is 26.3 Å². The average Bonchev–Trinajstić information content (AvgIpc) is 3.29. The molecule has 2 N–H and O–H groups in total. The van der Waals surface area contributed by atoms with Crippen molar-refractivity contribution in [2.75, 3.05) is 0 Å². The number of nitrogens with one attached hydrogen (secondary N) is 2. The van der Waals surface area contributed by atoms with Crippen LogP contribution in [0.5, 0.6) is 0 Å². The lowest BCUT2D eigenvalue weighted by Gasteiger charge is -2.13. The summed E-state index contributed by atoms with van der Waals surface area (Å²) in [5.41, 5.74) is 4.40. The fourth-order valence-corrected chi connectivity index (χ4v) is 3.24. The molecular weight excluding hydrogens is 433 g/mol. The van der Waals surface area contributed by atoms with Gasteiger partial charge in [-0.3, -0.25) is 20.4 Å². The monoisotopic (exact) mass is 450 g/mol. The highest BCUT2D eigenvalue weighted by atomic mass is 19.4. The Hall–Kier alpha value is -4.40. The van der Waals surface area contributed by atoms with Gasteiger partial charge in [-0.15, -0.1) is 0 Å². The molecule has 0 saturated carbocycles. The second-order valence-corrected chi connectivity index (χ2v) is 6.99. The number of nitrogens with zero attached hydrogens (tertiary/aromatic N) is 2. The summed E-state index contributed by atoms with van der Waals surface area (Å²) < 4.78 is 41.1. The number of benzene rings is 3. The Labute approximate surface area is 186 Å². The van der Waals surface area contributed by atoms with Gasteiger partial charge in [-0.05, 0) is 24.3 Å². The van der Waals surface area contributed by atoms with Gasteiger partial charge < -0.3 is 0 Å². The third-order valence-electron chi connectivity index (χ3n) is 4.79. The molecule has 2 amide bonds. The van der Waals surface area contributed by atoms with E-state index in [9.17, 15) is 22.8 Å². The molecule has 1 heterocycles. The maximum atomic E-state index is 13.2. The van der Waals surface area contributed by atoms with E-state index in [0.717, 1.165) is 12.1 Å². The minimum atomic E-state index is -4.71. The molecular formula is C24H17F3N4O2. The van der Waals surface area contributed by atoms with Crippen LogP contribution in [-0.4, -0.2) is 21.6 Å². The van der Waals surface area contributed by atoms with Gasteiger partial charge in [0.1, 0.15) is 5.69 Å². The molecule has 0 aliphatic heterocycles. The maximum absolute atomic E-state index is 13.2. The number of hydrogen-bond acceptors (Lipinski definition) is 3. The van der Waals surface area contributed by atoms with E-state index in [4.69, 9.17) is 0 Å². The van der Waals surface area contributed by atoms with E-state index >= 15 is 0 Å². The largest absolute Gasteiger partial charge is 0.417 e. The van der Waals surface area contributed by atoms with Crippen molar-refractivity contribution in [2.45, 2.75) is 6.18 Å². The van der Waals surface area contributed by atoms with Crippen molar-refractivity contribution in [2.24, 2.45) is 0 Å². The van der Waals surface area contributed by atoms with Gasteiger partial charge in [0, 0.05) is 11.8 Å². The molecule has 0 aliphatic rings. The zero-order valence-corrected chi connectivity index (χ0v) is 17.0. The van der Waals surface area contributed by atoms with Crippen LogP contribution in [0.25, 0.3) is 16.9 Å². The number of carbonyl (C=O) groups is 2. The highest BCUT2D eigenvalue weighted by molar-refractivity contribution is 6.02.